The van der Waals surface area contributed by atoms with E-state index in [9.17, 15) is 4.79 Å². The van der Waals surface area contributed by atoms with Gasteiger partial charge in [-0.3, -0.25) is 0 Å². The van der Waals surface area contributed by atoms with Gasteiger partial charge in [0, 0.05) is 42.1 Å². The number of hydrogen-bond donors (Lipinski definition) is 0. The van der Waals surface area contributed by atoms with Gasteiger partial charge < -0.3 is 14.5 Å². The number of nitrogens with zero attached hydrogens (tertiary/aromatic N) is 2. The first-order valence-electron chi connectivity index (χ1n) is 7.11. The van der Waals surface area contributed by atoms with E-state index in [4.69, 9.17) is 4.74 Å². The van der Waals surface area contributed by atoms with Crippen molar-refractivity contribution < 1.29 is 9.53 Å². The summed E-state index contributed by atoms with van der Waals surface area (Å²) in [6, 6.07) is 4.52. The molecule has 0 aromatic carbocycles. The van der Waals surface area contributed by atoms with E-state index < -0.39 is 0 Å². The van der Waals surface area contributed by atoms with Gasteiger partial charge in [0.25, 0.3) is 0 Å². The first kappa shape index (κ1) is 14.2. The molecule has 2 aliphatic heterocycles. The first-order valence-corrected chi connectivity index (χ1v) is 9.04. The molecule has 3 rings (SSSR count). The summed E-state index contributed by atoms with van der Waals surface area (Å²) in [6.45, 7) is 4.54. The normalized spacial score (nSPS) is 24.5. The van der Waals surface area contributed by atoms with Crippen LogP contribution in [0.1, 0.15) is 16.5 Å². The van der Waals surface area contributed by atoms with Crippen molar-refractivity contribution in [1.82, 2.24) is 9.80 Å². The number of carbonyl (C=O) groups excluding carboxylic acids is 1. The van der Waals surface area contributed by atoms with Crippen LogP contribution in [-0.2, 0) is 4.74 Å². The summed E-state index contributed by atoms with van der Waals surface area (Å²) in [5.74, 6) is 1.03. The standard InChI is InChI=1S/C14H20N2O2S2/c17-14(16-5-8-18-9-6-16)15-4-3-13(20-11-7-15)12-2-1-10-19-12/h1-2,10,13H,3-9,11H2. The number of thiophene rings is 1. The summed E-state index contributed by atoms with van der Waals surface area (Å²) in [7, 11) is 0. The number of carbonyl (C=O) groups is 1. The highest BCUT2D eigenvalue weighted by molar-refractivity contribution is 7.99. The summed E-state index contributed by atoms with van der Waals surface area (Å²) >= 11 is 3.81. The molecule has 0 spiro atoms. The highest BCUT2D eigenvalue weighted by Gasteiger charge is 2.26. The van der Waals surface area contributed by atoms with Crippen LogP contribution < -0.4 is 0 Å². The fraction of sp³-hybridized carbons (Fsp3) is 0.643. The maximum absolute atomic E-state index is 12.5. The van der Waals surface area contributed by atoms with Gasteiger partial charge in [-0.1, -0.05) is 6.07 Å². The number of ether oxygens (including phenoxy) is 1. The molecule has 2 amide bonds. The molecular weight excluding hydrogens is 292 g/mol. The van der Waals surface area contributed by atoms with E-state index >= 15 is 0 Å². The SMILES string of the molecule is O=C(N1CCOCC1)N1CCSC(c2cccs2)CC1. The molecule has 2 saturated heterocycles. The van der Waals surface area contributed by atoms with Crippen LogP contribution in [-0.4, -0.2) is 61.0 Å². The van der Waals surface area contributed by atoms with Crippen molar-refractivity contribution in [3.8, 4) is 0 Å². The molecule has 3 heterocycles. The van der Waals surface area contributed by atoms with Gasteiger partial charge in [0.15, 0.2) is 0 Å². The average molecular weight is 312 g/mol. The molecule has 20 heavy (non-hydrogen) atoms. The Morgan fingerprint density at radius 2 is 2.00 bits per heavy atom. The van der Waals surface area contributed by atoms with E-state index in [0.717, 1.165) is 38.4 Å². The Morgan fingerprint density at radius 3 is 2.75 bits per heavy atom. The van der Waals surface area contributed by atoms with Crippen molar-refractivity contribution in [3.05, 3.63) is 22.4 Å². The molecule has 110 valence electrons. The highest BCUT2D eigenvalue weighted by atomic mass is 32.2. The van der Waals surface area contributed by atoms with Gasteiger partial charge in [0.1, 0.15) is 0 Å². The minimum absolute atomic E-state index is 0.195. The fourth-order valence-electron chi connectivity index (χ4n) is 2.62. The number of rotatable bonds is 1. The Kier molecular flexibility index (Phi) is 4.86. The second kappa shape index (κ2) is 6.83. The molecule has 0 N–H and O–H groups in total. The minimum Gasteiger partial charge on any atom is -0.378 e. The molecule has 6 heteroatoms. The van der Waals surface area contributed by atoms with Crippen LogP contribution in [0.2, 0.25) is 0 Å². The molecule has 2 fully saturated rings. The van der Waals surface area contributed by atoms with Gasteiger partial charge in [-0.25, -0.2) is 4.79 Å². The zero-order valence-electron chi connectivity index (χ0n) is 11.5. The lowest BCUT2D eigenvalue weighted by Gasteiger charge is -2.32. The maximum atomic E-state index is 12.5. The molecule has 0 radical (unpaired) electrons. The van der Waals surface area contributed by atoms with Crippen LogP contribution in [0, 0.1) is 0 Å². The number of morpholine rings is 1. The quantitative estimate of drug-likeness (QED) is 0.799. The van der Waals surface area contributed by atoms with E-state index in [-0.39, 0.29) is 6.03 Å². The Morgan fingerprint density at radius 1 is 1.20 bits per heavy atom. The lowest BCUT2D eigenvalue weighted by Crippen LogP contribution is -2.48. The highest BCUT2D eigenvalue weighted by Crippen LogP contribution is 2.36. The largest absolute Gasteiger partial charge is 0.378 e. The minimum atomic E-state index is 0.195. The second-order valence-electron chi connectivity index (χ2n) is 5.03. The first-order chi connectivity index (χ1) is 9.84. The van der Waals surface area contributed by atoms with Gasteiger partial charge >= 0.3 is 6.03 Å². The molecule has 4 nitrogen and oxygen atoms in total. The van der Waals surface area contributed by atoms with Crippen LogP contribution in [0.5, 0.6) is 0 Å². The van der Waals surface area contributed by atoms with Crippen LogP contribution in [0.4, 0.5) is 4.79 Å². The monoisotopic (exact) mass is 312 g/mol. The Labute approximate surface area is 128 Å². The maximum Gasteiger partial charge on any atom is 0.320 e. The summed E-state index contributed by atoms with van der Waals surface area (Å²) < 4.78 is 5.31. The summed E-state index contributed by atoms with van der Waals surface area (Å²) in [6.07, 6.45) is 1.06. The number of thioether (sulfide) groups is 1. The van der Waals surface area contributed by atoms with Crippen molar-refractivity contribution in [3.63, 3.8) is 0 Å². The molecule has 1 unspecified atom stereocenters. The second-order valence-corrected chi connectivity index (χ2v) is 7.32. The summed E-state index contributed by atoms with van der Waals surface area (Å²) in [4.78, 5) is 17.9. The third-order valence-corrected chi connectivity index (χ3v) is 6.20. The topological polar surface area (TPSA) is 32.8 Å². The van der Waals surface area contributed by atoms with Gasteiger partial charge in [0.2, 0.25) is 0 Å². The zero-order valence-corrected chi connectivity index (χ0v) is 13.1. The lowest BCUT2D eigenvalue weighted by molar-refractivity contribution is 0.0438. The Bertz CT molecular complexity index is 432. The Hall–Kier alpha value is -0.720. The van der Waals surface area contributed by atoms with Gasteiger partial charge in [-0.05, 0) is 17.9 Å². The van der Waals surface area contributed by atoms with Crippen molar-refractivity contribution in [1.29, 1.82) is 0 Å². The number of hydrogen-bond acceptors (Lipinski definition) is 4. The van der Waals surface area contributed by atoms with Crippen LogP contribution in [0.25, 0.3) is 0 Å². The van der Waals surface area contributed by atoms with Crippen molar-refractivity contribution in [2.75, 3.05) is 45.1 Å². The molecular formula is C14H20N2O2S2. The van der Waals surface area contributed by atoms with E-state index in [0.29, 0.717) is 18.5 Å². The third kappa shape index (κ3) is 3.30. The molecule has 1 aromatic rings. The molecule has 1 atom stereocenters. The van der Waals surface area contributed by atoms with Crippen molar-refractivity contribution >= 4 is 29.1 Å². The van der Waals surface area contributed by atoms with E-state index in [1.165, 1.54) is 4.88 Å². The summed E-state index contributed by atoms with van der Waals surface area (Å²) in [5, 5.41) is 2.69. The average Bonchev–Trinajstić information content (AvgIpc) is 2.92. The fourth-order valence-corrected chi connectivity index (χ4v) is 4.86. The van der Waals surface area contributed by atoms with Gasteiger partial charge in [-0.2, -0.15) is 11.8 Å². The van der Waals surface area contributed by atoms with Crippen LogP contribution in [0.15, 0.2) is 17.5 Å². The predicted octanol–water partition coefficient (Wildman–Crippen LogP) is 2.68. The molecule has 0 saturated carbocycles. The van der Waals surface area contributed by atoms with Gasteiger partial charge in [0.05, 0.1) is 13.2 Å². The third-order valence-electron chi connectivity index (χ3n) is 3.75. The Balaban J connectivity index is 1.57. The molecule has 0 aliphatic carbocycles. The van der Waals surface area contributed by atoms with Crippen molar-refractivity contribution in [2.24, 2.45) is 0 Å². The predicted molar refractivity (Wildman–Crippen MR) is 83.5 cm³/mol. The van der Waals surface area contributed by atoms with Gasteiger partial charge in [-0.15, -0.1) is 11.3 Å². The van der Waals surface area contributed by atoms with E-state index in [2.05, 4.69) is 17.5 Å². The number of amides is 2. The van der Waals surface area contributed by atoms with E-state index in [1.807, 2.05) is 32.9 Å². The van der Waals surface area contributed by atoms with Crippen molar-refractivity contribution in [2.45, 2.75) is 11.7 Å². The van der Waals surface area contributed by atoms with Crippen LogP contribution >= 0.6 is 23.1 Å². The lowest BCUT2D eigenvalue weighted by atomic mass is 10.2. The summed E-state index contributed by atoms with van der Waals surface area (Å²) in [5.41, 5.74) is 0. The van der Waals surface area contributed by atoms with E-state index in [1.54, 1.807) is 0 Å². The zero-order chi connectivity index (χ0) is 13.8. The van der Waals surface area contributed by atoms with Crippen LogP contribution in [0.3, 0.4) is 0 Å². The number of urea groups is 1. The molecule has 0 bridgehead atoms. The smallest absolute Gasteiger partial charge is 0.320 e. The molecule has 1 aromatic heterocycles. The molecule has 2 aliphatic rings.